The van der Waals surface area contributed by atoms with E-state index in [9.17, 15) is 14.7 Å². The Hall–Kier alpha value is -3.67. The molecule has 1 aromatic heterocycles. The Bertz CT molecular complexity index is 1330. The van der Waals surface area contributed by atoms with E-state index >= 15 is 0 Å². The first kappa shape index (κ1) is 24.0. The molecule has 0 aliphatic heterocycles. The van der Waals surface area contributed by atoms with Crippen molar-refractivity contribution in [1.82, 2.24) is 10.3 Å². The summed E-state index contributed by atoms with van der Waals surface area (Å²) in [6.07, 6.45) is 6.71. The Morgan fingerprint density at radius 3 is 2.67 bits per heavy atom. The van der Waals surface area contributed by atoms with Crippen LogP contribution in [0, 0.1) is 11.8 Å². The number of hydrogen-bond donors (Lipinski definition) is 2. The van der Waals surface area contributed by atoms with E-state index in [0.717, 1.165) is 52.6 Å². The molecule has 36 heavy (non-hydrogen) atoms. The molecule has 2 aromatic carbocycles. The van der Waals surface area contributed by atoms with Gasteiger partial charge in [-0.2, -0.15) is 0 Å². The van der Waals surface area contributed by atoms with Crippen molar-refractivity contribution in [3.8, 4) is 5.75 Å². The van der Waals surface area contributed by atoms with Crippen LogP contribution in [0.4, 0.5) is 0 Å². The summed E-state index contributed by atoms with van der Waals surface area (Å²) in [7, 11) is 0. The van der Waals surface area contributed by atoms with Gasteiger partial charge in [-0.25, -0.2) is 9.78 Å². The Morgan fingerprint density at radius 2 is 1.86 bits per heavy atom. The Morgan fingerprint density at radius 1 is 1.08 bits per heavy atom. The number of para-hydroxylation sites is 1. The molecule has 2 N–H and O–H groups in total. The number of carbonyl (C=O) groups is 2. The highest BCUT2D eigenvalue weighted by Crippen LogP contribution is 2.38. The lowest BCUT2D eigenvalue weighted by molar-refractivity contribution is -0.125. The number of nitrogens with zero attached hydrogens (tertiary/aromatic N) is 1. The average molecular weight is 485 g/mol. The van der Waals surface area contributed by atoms with E-state index in [1.165, 1.54) is 6.42 Å². The maximum Gasteiger partial charge on any atom is 0.339 e. The van der Waals surface area contributed by atoms with Gasteiger partial charge in [0.15, 0.2) is 6.61 Å². The van der Waals surface area contributed by atoms with E-state index in [4.69, 9.17) is 9.72 Å². The fraction of sp³-hybridized carbons (Fsp3) is 0.367. The minimum absolute atomic E-state index is 0.124. The van der Waals surface area contributed by atoms with Crippen LogP contribution in [0.1, 0.15) is 66.7 Å². The molecule has 1 saturated carbocycles. The predicted octanol–water partition coefficient (Wildman–Crippen LogP) is 5.52. The van der Waals surface area contributed by atoms with Gasteiger partial charge in [0.2, 0.25) is 0 Å². The molecule has 1 fully saturated rings. The highest BCUT2D eigenvalue weighted by Gasteiger charge is 2.30. The molecule has 3 atom stereocenters. The van der Waals surface area contributed by atoms with Gasteiger partial charge in [0.25, 0.3) is 5.91 Å². The summed E-state index contributed by atoms with van der Waals surface area (Å²) in [6.45, 7) is 4.11. The molecule has 0 saturated heterocycles. The van der Waals surface area contributed by atoms with Crippen LogP contribution in [0.15, 0.2) is 48.5 Å². The van der Waals surface area contributed by atoms with Gasteiger partial charge in [-0.15, -0.1) is 0 Å². The number of phenols is 1. The molecule has 1 heterocycles. The van der Waals surface area contributed by atoms with Crippen LogP contribution in [0.5, 0.6) is 5.75 Å². The number of ether oxygens (including phenoxy) is 1. The highest BCUT2D eigenvalue weighted by molar-refractivity contribution is 6.07. The number of esters is 1. The number of carbonyl (C=O) groups excluding carboxylic acids is 2. The Kier molecular flexibility index (Phi) is 6.77. The second kappa shape index (κ2) is 10.1. The van der Waals surface area contributed by atoms with Crippen molar-refractivity contribution in [2.24, 2.45) is 11.8 Å². The number of amides is 1. The van der Waals surface area contributed by atoms with Crippen LogP contribution in [-0.4, -0.2) is 34.6 Å². The largest absolute Gasteiger partial charge is 0.508 e. The molecule has 6 nitrogen and oxygen atoms in total. The van der Waals surface area contributed by atoms with Gasteiger partial charge in [0.05, 0.1) is 16.8 Å². The van der Waals surface area contributed by atoms with Crippen molar-refractivity contribution in [2.45, 2.75) is 52.0 Å². The molecule has 2 aliphatic rings. The Balaban J connectivity index is 1.39. The molecule has 0 bridgehead atoms. The summed E-state index contributed by atoms with van der Waals surface area (Å²) < 4.78 is 5.57. The summed E-state index contributed by atoms with van der Waals surface area (Å²) >= 11 is 0. The number of benzene rings is 2. The lowest BCUT2D eigenvalue weighted by Crippen LogP contribution is -2.45. The summed E-state index contributed by atoms with van der Waals surface area (Å²) in [5, 5.41) is 13.4. The topological polar surface area (TPSA) is 88.5 Å². The Labute approximate surface area is 211 Å². The number of pyridine rings is 1. The second-order valence-electron chi connectivity index (χ2n) is 10.1. The number of hydrogen-bond acceptors (Lipinski definition) is 5. The van der Waals surface area contributed by atoms with Crippen molar-refractivity contribution in [1.29, 1.82) is 0 Å². The van der Waals surface area contributed by atoms with Crippen molar-refractivity contribution in [2.75, 3.05) is 6.61 Å². The number of fused-ring (bicyclic) bond motifs is 2. The zero-order valence-electron chi connectivity index (χ0n) is 20.8. The summed E-state index contributed by atoms with van der Waals surface area (Å²) in [4.78, 5) is 30.9. The molecule has 6 heteroatoms. The average Bonchev–Trinajstić information content (AvgIpc) is 3.27. The molecule has 5 rings (SSSR count). The van der Waals surface area contributed by atoms with Crippen LogP contribution < -0.4 is 5.32 Å². The van der Waals surface area contributed by atoms with Gasteiger partial charge >= 0.3 is 5.97 Å². The standard InChI is InChI=1S/C30H32N2O4/c1-18-6-5-9-25(19(18)2)31-27(34)17-36-30(35)28-23-7-3-4-8-26(23)32-29-21(12-15-24(28)29)16-20-10-13-22(33)14-11-20/h3-4,7-8,10-11,13-14,16,18-19,25,33H,5-6,9,12,15,17H2,1-2H3,(H,31,34)/b21-16+. The maximum atomic E-state index is 13.4. The van der Waals surface area contributed by atoms with Gasteiger partial charge in [0.1, 0.15) is 5.75 Å². The number of nitrogens with one attached hydrogen (secondary N) is 1. The fourth-order valence-corrected chi connectivity index (χ4v) is 5.52. The van der Waals surface area contributed by atoms with E-state index in [1.807, 2.05) is 42.5 Å². The van der Waals surface area contributed by atoms with E-state index in [0.29, 0.717) is 23.8 Å². The SMILES string of the molecule is CC1CCCC(NC(=O)COC(=O)c2c3c(nc4ccccc24)/C(=C/c2ccc(O)cc2)CC3)C1C. The third-order valence-electron chi connectivity index (χ3n) is 7.77. The quantitative estimate of drug-likeness (QED) is 0.465. The summed E-state index contributed by atoms with van der Waals surface area (Å²) in [5.74, 6) is 0.452. The molecule has 186 valence electrons. The van der Waals surface area contributed by atoms with E-state index in [1.54, 1.807) is 12.1 Å². The van der Waals surface area contributed by atoms with E-state index in [2.05, 4.69) is 19.2 Å². The van der Waals surface area contributed by atoms with Crippen LogP contribution >= 0.6 is 0 Å². The number of phenolic OH excluding ortho intramolecular Hbond substituents is 1. The van der Waals surface area contributed by atoms with Crippen molar-refractivity contribution in [3.05, 3.63) is 70.9 Å². The molecule has 0 radical (unpaired) electrons. The molecule has 1 amide bonds. The van der Waals surface area contributed by atoms with Crippen LogP contribution in [0.3, 0.4) is 0 Å². The molecular weight excluding hydrogens is 452 g/mol. The normalized spacial score (nSPS) is 22.4. The molecule has 2 aliphatic carbocycles. The van der Waals surface area contributed by atoms with Gasteiger partial charge < -0.3 is 15.2 Å². The lowest BCUT2D eigenvalue weighted by Gasteiger charge is -2.34. The monoisotopic (exact) mass is 484 g/mol. The van der Waals surface area contributed by atoms with Crippen molar-refractivity contribution >= 4 is 34.4 Å². The second-order valence-corrected chi connectivity index (χ2v) is 10.1. The highest BCUT2D eigenvalue weighted by atomic mass is 16.5. The van der Waals surface area contributed by atoms with Gasteiger partial charge in [-0.1, -0.05) is 57.0 Å². The number of aromatic hydroxyl groups is 1. The molecule has 3 aromatic rings. The fourth-order valence-electron chi connectivity index (χ4n) is 5.52. The first-order chi connectivity index (χ1) is 17.4. The number of aromatic nitrogens is 1. The lowest BCUT2D eigenvalue weighted by atomic mass is 9.78. The summed E-state index contributed by atoms with van der Waals surface area (Å²) in [6, 6.07) is 14.7. The predicted molar refractivity (Wildman–Crippen MR) is 140 cm³/mol. The number of allylic oxidation sites excluding steroid dienone is 1. The first-order valence-corrected chi connectivity index (χ1v) is 12.8. The van der Waals surface area contributed by atoms with Gasteiger partial charge in [-0.05, 0) is 72.1 Å². The minimum atomic E-state index is -0.490. The number of rotatable bonds is 5. The smallest absolute Gasteiger partial charge is 0.339 e. The van der Waals surface area contributed by atoms with E-state index in [-0.39, 0.29) is 24.3 Å². The first-order valence-electron chi connectivity index (χ1n) is 12.8. The van der Waals surface area contributed by atoms with Gasteiger partial charge in [-0.3, -0.25) is 4.79 Å². The third kappa shape index (κ3) is 4.85. The van der Waals surface area contributed by atoms with Crippen LogP contribution in [-0.2, 0) is 16.0 Å². The molecule has 3 unspecified atom stereocenters. The van der Waals surface area contributed by atoms with Crippen LogP contribution in [0.2, 0.25) is 0 Å². The third-order valence-corrected chi connectivity index (χ3v) is 7.77. The molecule has 0 spiro atoms. The minimum Gasteiger partial charge on any atom is -0.508 e. The van der Waals surface area contributed by atoms with Gasteiger partial charge in [0, 0.05) is 11.4 Å². The van der Waals surface area contributed by atoms with Crippen LogP contribution in [0.25, 0.3) is 22.6 Å². The van der Waals surface area contributed by atoms with E-state index < -0.39 is 5.97 Å². The molecular formula is C30H32N2O4. The summed E-state index contributed by atoms with van der Waals surface area (Å²) in [5.41, 5.74) is 4.86. The van der Waals surface area contributed by atoms with Crippen molar-refractivity contribution < 1.29 is 19.4 Å². The van der Waals surface area contributed by atoms with Crippen molar-refractivity contribution in [3.63, 3.8) is 0 Å². The maximum absolute atomic E-state index is 13.4. The zero-order valence-corrected chi connectivity index (χ0v) is 20.8. The zero-order chi connectivity index (χ0) is 25.2.